The molecule has 2 N–H and O–H groups in total. The molecule has 4 nitrogen and oxygen atoms in total. The maximum Gasteiger partial charge on any atom is 0.390 e. The zero-order valence-corrected chi connectivity index (χ0v) is 9.31. The first-order valence-corrected chi connectivity index (χ1v) is 4.86. The Morgan fingerprint density at radius 3 is 1.42 bits per heavy atom. The van der Waals surface area contributed by atoms with Gasteiger partial charge in [0.1, 0.15) is 0 Å². The molecule has 0 saturated heterocycles. The molecular weight excluding hydrogens is 286 g/mol. The van der Waals surface area contributed by atoms with E-state index in [1.807, 2.05) is 0 Å². The molecule has 0 aromatic rings. The molecule has 0 amide bonds. The second-order valence-corrected chi connectivity index (χ2v) is 4.06. The van der Waals surface area contributed by atoms with E-state index in [9.17, 15) is 35.9 Å². The van der Waals surface area contributed by atoms with Crippen molar-refractivity contribution in [2.24, 2.45) is 5.41 Å². The molecule has 0 bridgehead atoms. The van der Waals surface area contributed by atoms with Crippen molar-refractivity contribution in [1.29, 1.82) is 0 Å². The Labute approximate surface area is 103 Å². The van der Waals surface area contributed by atoms with Crippen LogP contribution in [-0.4, -0.2) is 34.5 Å². The summed E-state index contributed by atoms with van der Waals surface area (Å²) in [6.07, 6.45) is -17.1. The van der Waals surface area contributed by atoms with Crippen LogP contribution >= 0.6 is 0 Å². The highest BCUT2D eigenvalue weighted by Gasteiger charge is 2.53. The van der Waals surface area contributed by atoms with E-state index in [2.05, 4.69) is 0 Å². The number of carboxylic acid groups (broad SMARTS) is 2. The zero-order valence-electron chi connectivity index (χ0n) is 9.31. The van der Waals surface area contributed by atoms with Crippen molar-refractivity contribution < 1.29 is 46.1 Å². The SMILES string of the molecule is O=C(O)CCC(CC(F)(F)F)(CC(F)(F)F)C(=O)O. The first kappa shape index (κ1) is 17.5. The molecule has 0 heterocycles. The van der Waals surface area contributed by atoms with Gasteiger partial charge in [-0.2, -0.15) is 26.3 Å². The van der Waals surface area contributed by atoms with Crippen molar-refractivity contribution in [2.75, 3.05) is 0 Å². The van der Waals surface area contributed by atoms with Gasteiger partial charge in [0.05, 0.1) is 18.3 Å². The predicted octanol–water partition coefficient (Wildman–Crippen LogP) is 2.83. The fraction of sp³-hybridized carbons (Fsp3) is 0.778. The first-order valence-electron chi connectivity index (χ1n) is 4.86. The van der Waals surface area contributed by atoms with Crippen LogP contribution in [0, 0.1) is 5.41 Å². The Morgan fingerprint density at radius 2 is 1.21 bits per heavy atom. The molecule has 19 heavy (non-hydrogen) atoms. The van der Waals surface area contributed by atoms with E-state index in [-0.39, 0.29) is 0 Å². The maximum absolute atomic E-state index is 12.2. The van der Waals surface area contributed by atoms with Crippen LogP contribution in [-0.2, 0) is 9.59 Å². The van der Waals surface area contributed by atoms with Crippen LogP contribution < -0.4 is 0 Å². The second-order valence-electron chi connectivity index (χ2n) is 4.06. The van der Waals surface area contributed by atoms with Crippen molar-refractivity contribution in [2.45, 2.75) is 38.0 Å². The highest BCUT2D eigenvalue weighted by atomic mass is 19.4. The Balaban J connectivity index is 5.34. The van der Waals surface area contributed by atoms with Gasteiger partial charge in [-0.3, -0.25) is 9.59 Å². The van der Waals surface area contributed by atoms with Gasteiger partial charge in [0.2, 0.25) is 0 Å². The molecule has 0 saturated carbocycles. The van der Waals surface area contributed by atoms with E-state index in [4.69, 9.17) is 10.2 Å². The summed E-state index contributed by atoms with van der Waals surface area (Å²) in [5.41, 5.74) is -3.21. The van der Waals surface area contributed by atoms with Crippen molar-refractivity contribution >= 4 is 11.9 Å². The molecule has 0 aliphatic rings. The Morgan fingerprint density at radius 1 is 0.842 bits per heavy atom. The molecule has 0 aromatic heterocycles. The number of aliphatic carboxylic acids is 2. The summed E-state index contributed by atoms with van der Waals surface area (Å²) in [4.78, 5) is 21.0. The summed E-state index contributed by atoms with van der Waals surface area (Å²) in [6.45, 7) is 0. The first-order chi connectivity index (χ1) is 8.27. The van der Waals surface area contributed by atoms with Crippen LogP contribution in [0.25, 0.3) is 0 Å². The van der Waals surface area contributed by atoms with Crippen LogP contribution in [0.2, 0.25) is 0 Å². The fourth-order valence-corrected chi connectivity index (χ4v) is 1.61. The number of carboxylic acids is 2. The minimum atomic E-state index is -5.15. The number of halogens is 6. The third-order valence-corrected chi connectivity index (χ3v) is 2.35. The summed E-state index contributed by atoms with van der Waals surface area (Å²) >= 11 is 0. The molecule has 0 aliphatic heterocycles. The lowest BCUT2D eigenvalue weighted by molar-refractivity contribution is -0.208. The molecule has 0 unspecified atom stereocenters. The zero-order chi connectivity index (χ0) is 15.5. The maximum atomic E-state index is 12.2. The number of carbonyl (C=O) groups is 2. The largest absolute Gasteiger partial charge is 0.481 e. The second kappa shape index (κ2) is 5.66. The lowest BCUT2D eigenvalue weighted by Crippen LogP contribution is -2.40. The van der Waals surface area contributed by atoms with Crippen LogP contribution in [0.15, 0.2) is 0 Å². The lowest BCUT2D eigenvalue weighted by Gasteiger charge is -2.30. The van der Waals surface area contributed by atoms with Crippen LogP contribution in [0.4, 0.5) is 26.3 Å². The van der Waals surface area contributed by atoms with Gasteiger partial charge >= 0.3 is 24.3 Å². The summed E-state index contributed by atoms with van der Waals surface area (Å²) in [6, 6.07) is 0. The molecule has 0 rings (SSSR count). The molecule has 0 radical (unpaired) electrons. The third kappa shape index (κ3) is 6.87. The van der Waals surface area contributed by atoms with E-state index < -0.39 is 55.4 Å². The van der Waals surface area contributed by atoms with Crippen LogP contribution in [0.3, 0.4) is 0 Å². The van der Waals surface area contributed by atoms with Gasteiger partial charge in [-0.25, -0.2) is 0 Å². The summed E-state index contributed by atoms with van der Waals surface area (Å²) in [7, 11) is 0. The quantitative estimate of drug-likeness (QED) is 0.739. The number of hydrogen-bond acceptors (Lipinski definition) is 2. The molecule has 10 heteroatoms. The van der Waals surface area contributed by atoms with Crippen molar-refractivity contribution in [3.8, 4) is 0 Å². The minimum Gasteiger partial charge on any atom is -0.481 e. The van der Waals surface area contributed by atoms with Gasteiger partial charge in [-0.15, -0.1) is 0 Å². The molecule has 112 valence electrons. The summed E-state index contributed by atoms with van der Waals surface area (Å²) in [5.74, 6) is -3.99. The Hall–Kier alpha value is -1.48. The monoisotopic (exact) mass is 296 g/mol. The van der Waals surface area contributed by atoms with Crippen molar-refractivity contribution in [3.05, 3.63) is 0 Å². The highest BCUT2D eigenvalue weighted by molar-refractivity contribution is 5.76. The molecular formula is C9H10F6O4. The normalized spacial score (nSPS) is 13.4. The third-order valence-electron chi connectivity index (χ3n) is 2.35. The average Bonchev–Trinajstić information content (AvgIpc) is 2.08. The summed E-state index contributed by atoms with van der Waals surface area (Å²) < 4.78 is 73.4. The van der Waals surface area contributed by atoms with E-state index in [0.717, 1.165) is 0 Å². The molecule has 0 aliphatic carbocycles. The van der Waals surface area contributed by atoms with Crippen LogP contribution in [0.1, 0.15) is 25.7 Å². The molecule has 0 atom stereocenters. The minimum absolute atomic E-state index is 1.10. The lowest BCUT2D eigenvalue weighted by atomic mass is 9.76. The smallest absolute Gasteiger partial charge is 0.390 e. The fourth-order valence-electron chi connectivity index (χ4n) is 1.61. The van der Waals surface area contributed by atoms with Gasteiger partial charge in [0.15, 0.2) is 0 Å². The molecule has 0 spiro atoms. The van der Waals surface area contributed by atoms with Gasteiger partial charge in [-0.1, -0.05) is 0 Å². The molecule has 0 fully saturated rings. The number of hydrogen-bond donors (Lipinski definition) is 2. The Kier molecular flexibility index (Phi) is 5.22. The van der Waals surface area contributed by atoms with E-state index in [1.165, 1.54) is 0 Å². The Bertz CT molecular complexity index is 330. The number of alkyl halides is 6. The van der Waals surface area contributed by atoms with Gasteiger partial charge in [-0.05, 0) is 6.42 Å². The standard InChI is InChI=1S/C9H10F6O4/c10-8(11,12)3-7(6(18)19,2-1-5(16)17)4-9(13,14)15/h1-4H2,(H,16,17)(H,18,19). The number of rotatable bonds is 6. The van der Waals surface area contributed by atoms with Crippen LogP contribution in [0.5, 0.6) is 0 Å². The summed E-state index contributed by atoms with van der Waals surface area (Å²) in [5, 5.41) is 17.0. The van der Waals surface area contributed by atoms with Gasteiger partial charge in [0, 0.05) is 6.42 Å². The molecule has 0 aromatic carbocycles. The average molecular weight is 296 g/mol. The van der Waals surface area contributed by atoms with E-state index in [0.29, 0.717) is 0 Å². The van der Waals surface area contributed by atoms with E-state index >= 15 is 0 Å². The van der Waals surface area contributed by atoms with Gasteiger partial charge < -0.3 is 10.2 Å². The van der Waals surface area contributed by atoms with E-state index in [1.54, 1.807) is 0 Å². The van der Waals surface area contributed by atoms with Crippen molar-refractivity contribution in [3.63, 3.8) is 0 Å². The highest BCUT2D eigenvalue weighted by Crippen LogP contribution is 2.45. The van der Waals surface area contributed by atoms with Gasteiger partial charge in [0.25, 0.3) is 0 Å². The van der Waals surface area contributed by atoms with Crippen molar-refractivity contribution in [1.82, 2.24) is 0 Å². The topological polar surface area (TPSA) is 74.6 Å². The predicted molar refractivity (Wildman–Crippen MR) is 48.3 cm³/mol.